The van der Waals surface area contributed by atoms with Crippen molar-refractivity contribution in [1.29, 1.82) is 0 Å². The maximum atomic E-state index is 6.48. The Labute approximate surface area is 221 Å². The fourth-order valence-electron chi connectivity index (χ4n) is 4.04. The Morgan fingerprint density at radius 2 is 1.50 bits per heavy atom. The molecule has 0 saturated heterocycles. The van der Waals surface area contributed by atoms with Gasteiger partial charge in [-0.25, -0.2) is 4.98 Å². The van der Waals surface area contributed by atoms with E-state index in [0.717, 1.165) is 39.5 Å². The van der Waals surface area contributed by atoms with Crippen molar-refractivity contribution in [2.75, 3.05) is 7.11 Å². The monoisotopic (exact) mass is 510 g/mol. The molecule has 36 heavy (non-hydrogen) atoms. The standard InChI is InChI=1S/C31H24Cl2N2O/c1-36-27-15-12-25(13-16-27)24-10-7-22(8-11-24)9-18-31-34-30(28-17-14-26(32)19-29(28)33)21-35(31)20-23-5-3-2-4-6-23/h2-19,21H,20H2,1H3/b18-9+. The van der Waals surface area contributed by atoms with Crippen LogP contribution in [-0.2, 0) is 6.54 Å². The van der Waals surface area contributed by atoms with Gasteiger partial charge in [0, 0.05) is 23.3 Å². The average Bonchev–Trinajstić information content (AvgIpc) is 3.30. The van der Waals surface area contributed by atoms with Crippen molar-refractivity contribution in [3.05, 3.63) is 130 Å². The van der Waals surface area contributed by atoms with E-state index < -0.39 is 0 Å². The molecule has 0 unspecified atom stereocenters. The van der Waals surface area contributed by atoms with Crippen molar-refractivity contribution >= 4 is 35.4 Å². The van der Waals surface area contributed by atoms with E-state index in [1.165, 1.54) is 5.56 Å². The van der Waals surface area contributed by atoms with E-state index >= 15 is 0 Å². The third-order valence-corrected chi connectivity index (χ3v) is 6.52. The Morgan fingerprint density at radius 1 is 0.806 bits per heavy atom. The highest BCUT2D eigenvalue weighted by atomic mass is 35.5. The molecule has 178 valence electrons. The topological polar surface area (TPSA) is 27.1 Å². The minimum Gasteiger partial charge on any atom is -0.497 e. The number of hydrogen-bond donors (Lipinski definition) is 0. The first-order valence-electron chi connectivity index (χ1n) is 11.6. The van der Waals surface area contributed by atoms with E-state index in [9.17, 15) is 0 Å². The molecule has 0 aliphatic rings. The number of imidazole rings is 1. The average molecular weight is 511 g/mol. The summed E-state index contributed by atoms with van der Waals surface area (Å²) in [6, 6.07) is 32.3. The van der Waals surface area contributed by atoms with Crippen molar-refractivity contribution in [1.82, 2.24) is 9.55 Å². The second kappa shape index (κ2) is 10.9. The lowest BCUT2D eigenvalue weighted by Crippen LogP contribution is -2.00. The van der Waals surface area contributed by atoms with E-state index in [-0.39, 0.29) is 0 Å². The van der Waals surface area contributed by atoms with Gasteiger partial charge < -0.3 is 9.30 Å². The molecule has 1 heterocycles. The second-order valence-electron chi connectivity index (χ2n) is 8.41. The summed E-state index contributed by atoms with van der Waals surface area (Å²) in [5.74, 6) is 1.70. The Morgan fingerprint density at radius 3 is 2.17 bits per heavy atom. The van der Waals surface area contributed by atoms with Crippen LogP contribution in [0.5, 0.6) is 5.75 Å². The van der Waals surface area contributed by atoms with Gasteiger partial charge >= 0.3 is 0 Å². The van der Waals surface area contributed by atoms with Crippen molar-refractivity contribution in [3.63, 3.8) is 0 Å². The summed E-state index contributed by atoms with van der Waals surface area (Å²) in [7, 11) is 1.67. The summed E-state index contributed by atoms with van der Waals surface area (Å²) in [6.45, 7) is 0.704. The smallest absolute Gasteiger partial charge is 0.133 e. The van der Waals surface area contributed by atoms with Crippen molar-refractivity contribution in [2.24, 2.45) is 0 Å². The van der Waals surface area contributed by atoms with Crippen molar-refractivity contribution in [2.45, 2.75) is 6.54 Å². The number of halogens is 2. The molecule has 0 amide bonds. The third kappa shape index (κ3) is 5.54. The zero-order chi connectivity index (χ0) is 24.9. The predicted octanol–water partition coefficient (Wildman–Crippen LogP) is 8.75. The SMILES string of the molecule is COc1ccc(-c2ccc(/C=C/c3nc(-c4ccc(Cl)cc4Cl)cn3Cc3ccccc3)cc2)cc1. The lowest BCUT2D eigenvalue weighted by Gasteiger charge is -2.06. The molecule has 0 aliphatic heterocycles. The van der Waals surface area contributed by atoms with Gasteiger partial charge in [0.2, 0.25) is 0 Å². The van der Waals surface area contributed by atoms with Crippen LogP contribution in [0, 0.1) is 0 Å². The van der Waals surface area contributed by atoms with Gasteiger partial charge in [0.05, 0.1) is 17.8 Å². The van der Waals surface area contributed by atoms with E-state index in [4.69, 9.17) is 32.9 Å². The molecule has 1 aromatic heterocycles. The molecule has 0 bridgehead atoms. The van der Waals surface area contributed by atoms with Crippen LogP contribution in [0.15, 0.2) is 103 Å². The summed E-state index contributed by atoms with van der Waals surface area (Å²) in [5, 5.41) is 1.18. The Kier molecular flexibility index (Phi) is 7.22. The number of ether oxygens (including phenoxy) is 1. The predicted molar refractivity (Wildman–Crippen MR) is 151 cm³/mol. The number of rotatable bonds is 7. The summed E-state index contributed by atoms with van der Waals surface area (Å²) >= 11 is 12.6. The van der Waals surface area contributed by atoms with Crippen LogP contribution in [0.1, 0.15) is 17.0 Å². The molecule has 0 atom stereocenters. The van der Waals surface area contributed by atoms with E-state index in [1.54, 1.807) is 13.2 Å². The molecule has 0 saturated carbocycles. The molecular weight excluding hydrogens is 487 g/mol. The van der Waals surface area contributed by atoms with Gasteiger partial charge in [0.15, 0.2) is 0 Å². The first kappa shape index (κ1) is 23.9. The fraction of sp³-hybridized carbons (Fsp3) is 0.0645. The number of aromatic nitrogens is 2. The van der Waals surface area contributed by atoms with Crippen molar-refractivity contribution < 1.29 is 4.74 Å². The first-order valence-corrected chi connectivity index (χ1v) is 12.3. The molecule has 5 aromatic rings. The van der Waals surface area contributed by atoms with Gasteiger partial charge in [-0.3, -0.25) is 0 Å². The lowest BCUT2D eigenvalue weighted by atomic mass is 10.0. The zero-order valence-electron chi connectivity index (χ0n) is 19.7. The van der Waals surface area contributed by atoms with Crippen LogP contribution < -0.4 is 4.74 Å². The summed E-state index contributed by atoms with van der Waals surface area (Å²) < 4.78 is 7.39. The van der Waals surface area contributed by atoms with Gasteiger partial charge in [-0.15, -0.1) is 0 Å². The van der Waals surface area contributed by atoms with Gasteiger partial charge in [-0.2, -0.15) is 0 Å². The van der Waals surface area contributed by atoms with Gasteiger partial charge in [-0.05, 0) is 58.7 Å². The molecule has 0 spiro atoms. The molecule has 3 nitrogen and oxygen atoms in total. The fourth-order valence-corrected chi connectivity index (χ4v) is 4.54. The summed E-state index contributed by atoms with van der Waals surface area (Å²) in [6.07, 6.45) is 6.15. The van der Waals surface area contributed by atoms with E-state index in [2.05, 4.69) is 59.2 Å². The molecule has 0 N–H and O–H groups in total. The highest BCUT2D eigenvalue weighted by Gasteiger charge is 2.12. The molecule has 0 radical (unpaired) electrons. The van der Waals surface area contributed by atoms with Crippen LogP contribution in [0.3, 0.4) is 0 Å². The Hall–Kier alpha value is -3.79. The molecule has 5 heteroatoms. The number of nitrogens with zero attached hydrogens (tertiary/aromatic N) is 2. The second-order valence-corrected chi connectivity index (χ2v) is 9.25. The van der Waals surface area contributed by atoms with Crippen molar-refractivity contribution in [3.8, 4) is 28.1 Å². The molecular formula is C31H24Cl2N2O. The van der Waals surface area contributed by atoms with Gasteiger partial charge in [-0.1, -0.05) is 96.0 Å². The third-order valence-electron chi connectivity index (χ3n) is 5.97. The highest BCUT2D eigenvalue weighted by molar-refractivity contribution is 6.36. The van der Waals surface area contributed by atoms with E-state index in [0.29, 0.717) is 16.6 Å². The minimum absolute atomic E-state index is 0.580. The molecule has 4 aromatic carbocycles. The van der Waals surface area contributed by atoms with Gasteiger partial charge in [0.1, 0.15) is 11.6 Å². The normalized spacial score (nSPS) is 11.2. The zero-order valence-corrected chi connectivity index (χ0v) is 21.2. The Bertz CT molecular complexity index is 1490. The van der Waals surface area contributed by atoms with Gasteiger partial charge in [0.25, 0.3) is 0 Å². The largest absolute Gasteiger partial charge is 0.497 e. The molecule has 5 rings (SSSR count). The summed E-state index contributed by atoms with van der Waals surface area (Å²) in [5.41, 5.74) is 6.25. The quantitative estimate of drug-likeness (QED) is 0.218. The maximum absolute atomic E-state index is 6.48. The van der Waals surface area contributed by atoms with E-state index in [1.807, 2.05) is 54.7 Å². The van der Waals surface area contributed by atoms with Crippen LogP contribution in [0.25, 0.3) is 34.5 Å². The number of hydrogen-bond acceptors (Lipinski definition) is 2. The highest BCUT2D eigenvalue weighted by Crippen LogP contribution is 2.30. The lowest BCUT2D eigenvalue weighted by molar-refractivity contribution is 0.415. The first-order chi connectivity index (χ1) is 17.6. The Balaban J connectivity index is 1.43. The van der Waals surface area contributed by atoms with Crippen LogP contribution in [0.2, 0.25) is 10.0 Å². The van der Waals surface area contributed by atoms with Crippen LogP contribution in [0.4, 0.5) is 0 Å². The minimum atomic E-state index is 0.580. The van der Waals surface area contributed by atoms with Crippen LogP contribution >= 0.6 is 23.2 Å². The number of methoxy groups -OCH3 is 1. The molecule has 0 fully saturated rings. The molecule has 0 aliphatic carbocycles. The maximum Gasteiger partial charge on any atom is 0.133 e. The summed E-state index contributed by atoms with van der Waals surface area (Å²) in [4.78, 5) is 4.90. The number of benzene rings is 4. The van der Waals surface area contributed by atoms with Crippen LogP contribution in [-0.4, -0.2) is 16.7 Å².